The normalized spacial score (nSPS) is 18.6. The van der Waals surface area contributed by atoms with Crippen molar-refractivity contribution in [3.8, 4) is 11.8 Å². The average molecular weight is 749 g/mol. The number of aromatic amines is 2. The smallest absolute Gasteiger partial charge is 0.307 e. The summed E-state index contributed by atoms with van der Waals surface area (Å²) in [6.07, 6.45) is 12.2. The first-order valence-corrected chi connectivity index (χ1v) is 18.5. The number of nitrogens with one attached hydrogen (secondary N) is 2. The van der Waals surface area contributed by atoms with E-state index < -0.39 is 0 Å². The first-order valence-electron chi connectivity index (χ1n) is 16.5. The maximum atomic E-state index is 11.5. The predicted octanol–water partition coefficient (Wildman–Crippen LogP) is 0.386. The maximum absolute atomic E-state index is 11.5. The molecule has 4 N–H and O–H groups in total. The van der Waals surface area contributed by atoms with Gasteiger partial charge in [-0.05, 0) is 57.8 Å². The molecule has 0 atom stereocenters. The van der Waals surface area contributed by atoms with Gasteiger partial charge in [0.05, 0.1) is 34.2 Å². The van der Waals surface area contributed by atoms with Gasteiger partial charge in [0, 0.05) is 42.2 Å². The van der Waals surface area contributed by atoms with Crippen LogP contribution in [0.2, 0.25) is 5.15 Å². The molecule has 0 radical (unpaired) electrons. The number of anilines is 1. The summed E-state index contributed by atoms with van der Waals surface area (Å²) in [7, 11) is 2.15. The van der Waals surface area contributed by atoms with Crippen LogP contribution in [-0.2, 0) is 0 Å². The van der Waals surface area contributed by atoms with Crippen LogP contribution in [0.1, 0.15) is 41.9 Å². The molecule has 6 aromatic rings. The van der Waals surface area contributed by atoms with Crippen molar-refractivity contribution in [1.29, 1.82) is 0 Å². The van der Waals surface area contributed by atoms with Crippen molar-refractivity contribution in [3.05, 3.63) is 80.2 Å². The topological polar surface area (TPSA) is 198 Å². The molecule has 0 unspecified atom stereocenters. The molecular formula is C32H33ClN12O4S2. The number of likely N-dealkylation sites (N-methyl/N-ethyl adjacent to an activating group) is 1. The van der Waals surface area contributed by atoms with E-state index in [4.69, 9.17) is 21.6 Å². The highest BCUT2D eigenvalue weighted by molar-refractivity contribution is 7.10. The first kappa shape index (κ1) is 33.2. The Morgan fingerprint density at radius 2 is 1.35 bits per heavy atom. The Labute approximate surface area is 301 Å². The van der Waals surface area contributed by atoms with Gasteiger partial charge in [-0.15, -0.1) is 0 Å². The van der Waals surface area contributed by atoms with Crippen LogP contribution in [0.5, 0.6) is 11.8 Å². The van der Waals surface area contributed by atoms with Crippen LogP contribution in [0.4, 0.5) is 5.82 Å². The van der Waals surface area contributed by atoms with Gasteiger partial charge in [-0.25, -0.2) is 9.97 Å². The number of hydrogen-bond donors (Lipinski definition) is 4. The van der Waals surface area contributed by atoms with Gasteiger partial charge >= 0.3 is 9.75 Å². The van der Waals surface area contributed by atoms with E-state index in [0.717, 1.165) is 97.5 Å². The lowest BCUT2D eigenvalue weighted by Crippen LogP contribution is -2.31. The molecule has 6 aromatic heterocycles. The number of aromatic hydroxyl groups is 2. The number of halogens is 1. The Bertz CT molecular complexity index is 2630. The summed E-state index contributed by atoms with van der Waals surface area (Å²) < 4.78 is 3.37. The van der Waals surface area contributed by atoms with Crippen molar-refractivity contribution in [3.63, 3.8) is 0 Å². The number of rotatable bonds is 5. The summed E-state index contributed by atoms with van der Waals surface area (Å²) in [5.41, 5.74) is 2.67. The molecule has 0 bridgehead atoms. The van der Waals surface area contributed by atoms with Crippen molar-refractivity contribution in [2.45, 2.75) is 44.2 Å². The van der Waals surface area contributed by atoms with Crippen LogP contribution >= 0.6 is 34.3 Å². The number of thiazole rings is 2. The van der Waals surface area contributed by atoms with Gasteiger partial charge in [-0.2, -0.15) is 19.2 Å². The number of H-pyrrole nitrogens is 2. The third-order valence-corrected chi connectivity index (χ3v) is 10.4. The van der Waals surface area contributed by atoms with Crippen molar-refractivity contribution in [2.75, 3.05) is 38.1 Å². The molecule has 264 valence electrons. The summed E-state index contributed by atoms with van der Waals surface area (Å²) in [5, 5.41) is 30.1. The van der Waals surface area contributed by atoms with Gasteiger partial charge in [-0.1, -0.05) is 34.3 Å². The second kappa shape index (κ2) is 13.7. The third-order valence-electron chi connectivity index (χ3n) is 8.57. The molecule has 1 saturated heterocycles. The molecule has 16 nitrogen and oxygen atoms in total. The molecule has 2 saturated carbocycles. The van der Waals surface area contributed by atoms with Crippen molar-refractivity contribution >= 4 is 63.5 Å². The number of fused-ring (bicyclic) bond motifs is 2. The average Bonchev–Trinajstić information content (AvgIpc) is 3.97. The van der Waals surface area contributed by atoms with E-state index in [0.29, 0.717) is 49.0 Å². The van der Waals surface area contributed by atoms with E-state index in [-0.39, 0.29) is 21.5 Å². The van der Waals surface area contributed by atoms with Gasteiger partial charge < -0.3 is 20.0 Å². The van der Waals surface area contributed by atoms with Crippen LogP contribution in [-0.4, -0.2) is 99.6 Å². The zero-order valence-corrected chi connectivity index (χ0v) is 29.7. The highest BCUT2D eigenvalue weighted by Gasteiger charge is 2.22. The van der Waals surface area contributed by atoms with Gasteiger partial charge in [-0.3, -0.25) is 29.5 Å². The van der Waals surface area contributed by atoms with Crippen LogP contribution < -0.4 is 36.1 Å². The zero-order valence-electron chi connectivity index (χ0n) is 27.4. The van der Waals surface area contributed by atoms with Crippen LogP contribution in [0.15, 0.2) is 44.1 Å². The van der Waals surface area contributed by atoms with E-state index in [2.05, 4.69) is 47.0 Å². The molecule has 1 aliphatic heterocycles. The summed E-state index contributed by atoms with van der Waals surface area (Å²) in [6, 6.07) is 4.39. The second-order valence-electron chi connectivity index (χ2n) is 12.7. The Morgan fingerprint density at radius 3 is 1.88 bits per heavy atom. The molecule has 51 heavy (non-hydrogen) atoms. The highest BCUT2D eigenvalue weighted by atomic mass is 35.5. The Kier molecular flexibility index (Phi) is 8.91. The molecule has 3 fully saturated rings. The van der Waals surface area contributed by atoms with Gasteiger partial charge in [0.15, 0.2) is 22.3 Å². The van der Waals surface area contributed by atoms with E-state index in [9.17, 15) is 19.8 Å². The quantitative estimate of drug-likeness (QED) is 0.179. The minimum Gasteiger partial charge on any atom is -0.493 e. The molecule has 0 spiro atoms. The second-order valence-corrected chi connectivity index (χ2v) is 15.1. The van der Waals surface area contributed by atoms with Crippen LogP contribution in [0.3, 0.4) is 0 Å². The number of nitrogens with zero attached hydrogens (tertiary/aromatic N) is 10. The van der Waals surface area contributed by atoms with Gasteiger partial charge in [0.2, 0.25) is 11.8 Å². The minimum absolute atomic E-state index is 0.131. The molecule has 0 aromatic carbocycles. The van der Waals surface area contributed by atoms with E-state index in [1.54, 1.807) is 39.6 Å². The fourth-order valence-corrected chi connectivity index (χ4v) is 7.18. The maximum Gasteiger partial charge on any atom is 0.307 e. The van der Waals surface area contributed by atoms with E-state index in [1.807, 2.05) is 6.07 Å². The van der Waals surface area contributed by atoms with Gasteiger partial charge in [0.1, 0.15) is 11.0 Å². The van der Waals surface area contributed by atoms with Crippen molar-refractivity contribution < 1.29 is 10.2 Å². The van der Waals surface area contributed by atoms with E-state index in [1.165, 1.54) is 0 Å². The molecule has 7 heterocycles. The number of aromatic nitrogens is 8. The summed E-state index contributed by atoms with van der Waals surface area (Å²) in [6.45, 7) is 3.93. The van der Waals surface area contributed by atoms with Crippen LogP contribution in [0.25, 0.3) is 23.4 Å². The molecule has 3 aliphatic rings. The molecular weight excluding hydrogens is 716 g/mol. The third kappa shape index (κ3) is 7.44. The summed E-state index contributed by atoms with van der Waals surface area (Å²) in [5.74, 6) is 0.599. The SMILES string of the molecule is CN1CCCN(c2cc(=NC3CC3)n3ncc(=Cc4sc(=O)[nH]c4O)c3n2)CC1.O=c1[nH]c(O)c(C=c2cnn3c(=NC4CC4)cc(Cl)nc23)s1. The predicted molar refractivity (Wildman–Crippen MR) is 193 cm³/mol. The Balaban J connectivity index is 0.000000152. The van der Waals surface area contributed by atoms with Crippen LogP contribution in [0, 0.1) is 0 Å². The lowest BCUT2D eigenvalue weighted by Gasteiger charge is -2.21. The lowest BCUT2D eigenvalue weighted by atomic mass is 10.3. The fraction of sp³-hybridized carbons (Fsp3) is 0.375. The molecule has 0 amide bonds. The fourth-order valence-electron chi connectivity index (χ4n) is 5.64. The van der Waals surface area contributed by atoms with Crippen molar-refractivity contribution in [1.82, 2.24) is 44.1 Å². The lowest BCUT2D eigenvalue weighted by molar-refractivity contribution is 0.360. The molecule has 2 aliphatic carbocycles. The largest absolute Gasteiger partial charge is 0.493 e. The number of hydrogen-bond acceptors (Lipinski definition) is 14. The van der Waals surface area contributed by atoms with Gasteiger partial charge in [0.25, 0.3) is 0 Å². The summed E-state index contributed by atoms with van der Waals surface area (Å²) >= 11 is 7.94. The monoisotopic (exact) mass is 748 g/mol. The minimum atomic E-state index is -0.323. The Hall–Kier alpha value is -4.91. The summed E-state index contributed by atoms with van der Waals surface area (Å²) in [4.78, 5) is 51.0. The standard InChI is InChI=1S/C19H23N7O2S.C13H10ClN5O2S/c1-24-5-2-6-25(8-7-24)15-10-16(21-13-3-4-13)26-17(22-15)12(11-20-26)9-14-18(27)23-19(28)29-14;14-9-4-10(16-7-1-2-7)19-11(17-9)6(5-15-19)3-8-12(20)18-13(21)22-8/h9-11,13,27H,2-8H2,1H3,(H,23,28);3-5,7,20H,1-2H2,(H,18,21). The zero-order chi connectivity index (χ0) is 35.2. The highest BCUT2D eigenvalue weighted by Crippen LogP contribution is 2.24. The Morgan fingerprint density at radius 1 is 0.804 bits per heavy atom. The molecule has 19 heteroatoms. The van der Waals surface area contributed by atoms with E-state index >= 15 is 0 Å². The molecule has 9 rings (SSSR count). The van der Waals surface area contributed by atoms with Crippen molar-refractivity contribution in [2.24, 2.45) is 9.98 Å². The first-order chi connectivity index (χ1) is 24.7.